The number of nitrogens with two attached hydrogens (primary N) is 1. The van der Waals surface area contributed by atoms with Crippen LogP contribution in [0.25, 0.3) is 11.0 Å². The Morgan fingerprint density at radius 2 is 2.15 bits per heavy atom. The van der Waals surface area contributed by atoms with Crippen molar-refractivity contribution in [1.29, 1.82) is 0 Å². The molecule has 2 N–H and O–H groups in total. The second-order valence-corrected chi connectivity index (χ2v) is 6.95. The summed E-state index contributed by atoms with van der Waals surface area (Å²) in [6, 6.07) is 3.30. The molecule has 0 radical (unpaired) electrons. The zero-order valence-corrected chi connectivity index (χ0v) is 13.8. The van der Waals surface area contributed by atoms with Gasteiger partial charge in [-0.2, -0.15) is 0 Å². The zero-order valence-electron chi connectivity index (χ0n) is 11.7. The van der Waals surface area contributed by atoms with Gasteiger partial charge in [0.05, 0.1) is 14.6 Å². The number of halogens is 2. The lowest BCUT2D eigenvalue weighted by Gasteiger charge is -2.47. The molecule has 1 saturated carbocycles. The molecule has 108 valence electrons. The second kappa shape index (κ2) is 4.84. The van der Waals surface area contributed by atoms with Crippen molar-refractivity contribution < 1.29 is 4.39 Å². The Morgan fingerprint density at radius 3 is 2.70 bits per heavy atom. The van der Waals surface area contributed by atoms with Crippen molar-refractivity contribution >= 4 is 39.6 Å². The van der Waals surface area contributed by atoms with Crippen molar-refractivity contribution in [2.75, 3.05) is 19.8 Å². The SMILES string of the molecule is CN(C)C1(Cn2c(N)nc3cc(I)c(F)cc32)CCC1. The maximum atomic E-state index is 13.8. The van der Waals surface area contributed by atoms with Gasteiger partial charge in [0.1, 0.15) is 5.82 Å². The molecule has 1 aliphatic carbocycles. The predicted octanol–water partition coefficient (Wildman–Crippen LogP) is 2.85. The van der Waals surface area contributed by atoms with Crippen LogP contribution >= 0.6 is 22.6 Å². The van der Waals surface area contributed by atoms with Gasteiger partial charge in [-0.3, -0.25) is 0 Å². The number of imidazole rings is 1. The van der Waals surface area contributed by atoms with Crippen molar-refractivity contribution in [3.8, 4) is 0 Å². The molecule has 0 spiro atoms. The molecular formula is C14H18FIN4. The molecular weight excluding hydrogens is 370 g/mol. The van der Waals surface area contributed by atoms with Crippen LogP contribution in [-0.2, 0) is 6.54 Å². The summed E-state index contributed by atoms with van der Waals surface area (Å²) < 4.78 is 16.4. The van der Waals surface area contributed by atoms with Crippen LogP contribution in [0, 0.1) is 9.39 Å². The highest BCUT2D eigenvalue weighted by Gasteiger charge is 2.40. The Hall–Kier alpha value is -0.890. The maximum Gasteiger partial charge on any atom is 0.201 e. The molecule has 3 rings (SSSR count). The first-order chi connectivity index (χ1) is 9.43. The predicted molar refractivity (Wildman–Crippen MR) is 87.1 cm³/mol. The Labute approximate surface area is 131 Å². The number of benzene rings is 1. The minimum atomic E-state index is -0.216. The summed E-state index contributed by atoms with van der Waals surface area (Å²) in [4.78, 5) is 6.62. The molecule has 0 atom stereocenters. The van der Waals surface area contributed by atoms with Crippen LogP contribution in [0.2, 0.25) is 0 Å². The van der Waals surface area contributed by atoms with Crippen molar-refractivity contribution in [1.82, 2.24) is 14.5 Å². The van der Waals surface area contributed by atoms with Crippen LogP contribution in [0.1, 0.15) is 19.3 Å². The lowest BCUT2D eigenvalue weighted by Crippen LogP contribution is -2.53. The highest BCUT2D eigenvalue weighted by Crippen LogP contribution is 2.39. The zero-order chi connectivity index (χ0) is 14.5. The van der Waals surface area contributed by atoms with E-state index in [0.717, 1.165) is 30.4 Å². The summed E-state index contributed by atoms with van der Waals surface area (Å²) in [5.41, 5.74) is 7.73. The van der Waals surface area contributed by atoms with Crippen LogP contribution in [0.15, 0.2) is 12.1 Å². The minimum absolute atomic E-state index is 0.126. The van der Waals surface area contributed by atoms with Gasteiger partial charge in [0.15, 0.2) is 0 Å². The number of rotatable bonds is 3. The standard InChI is InChI=1S/C14H18FIN4/c1-19(2)14(4-3-5-14)8-20-12-6-9(15)10(16)7-11(12)18-13(20)17/h6-7H,3-5,8H2,1-2H3,(H2,17,18). The number of anilines is 1. The van der Waals surface area contributed by atoms with Crippen molar-refractivity contribution in [2.24, 2.45) is 0 Å². The average Bonchev–Trinajstić information content (AvgIpc) is 2.60. The molecule has 1 aliphatic rings. The van der Waals surface area contributed by atoms with Crippen LogP contribution in [0.5, 0.6) is 0 Å². The van der Waals surface area contributed by atoms with E-state index in [9.17, 15) is 4.39 Å². The summed E-state index contributed by atoms with van der Waals surface area (Å²) in [5, 5.41) is 0. The smallest absolute Gasteiger partial charge is 0.201 e. The van der Waals surface area contributed by atoms with E-state index in [1.807, 2.05) is 27.2 Å². The second-order valence-electron chi connectivity index (χ2n) is 5.78. The van der Waals surface area contributed by atoms with Gasteiger partial charge < -0.3 is 15.2 Å². The number of fused-ring (bicyclic) bond motifs is 1. The monoisotopic (exact) mass is 388 g/mol. The third kappa shape index (κ3) is 2.09. The summed E-state index contributed by atoms with van der Waals surface area (Å²) in [6.07, 6.45) is 3.52. The Bertz CT molecular complexity index is 661. The van der Waals surface area contributed by atoms with E-state index < -0.39 is 0 Å². The van der Waals surface area contributed by atoms with Gasteiger partial charge in [0.2, 0.25) is 5.95 Å². The lowest BCUT2D eigenvalue weighted by molar-refractivity contribution is 0.0440. The fourth-order valence-electron chi connectivity index (χ4n) is 2.93. The largest absolute Gasteiger partial charge is 0.369 e. The number of nitrogens with zero attached hydrogens (tertiary/aromatic N) is 3. The molecule has 20 heavy (non-hydrogen) atoms. The molecule has 2 aromatic rings. The number of hydrogen-bond acceptors (Lipinski definition) is 3. The first kappa shape index (κ1) is 14.1. The van der Waals surface area contributed by atoms with Crippen LogP contribution < -0.4 is 5.73 Å². The number of likely N-dealkylation sites (N-methyl/N-ethyl adjacent to an activating group) is 1. The van der Waals surface area contributed by atoms with Crippen LogP contribution in [0.4, 0.5) is 10.3 Å². The summed E-state index contributed by atoms with van der Waals surface area (Å²) in [5.74, 6) is 0.251. The molecule has 4 nitrogen and oxygen atoms in total. The van der Waals surface area contributed by atoms with E-state index in [-0.39, 0.29) is 11.4 Å². The molecule has 6 heteroatoms. The number of aromatic nitrogens is 2. The minimum Gasteiger partial charge on any atom is -0.369 e. The van der Waals surface area contributed by atoms with E-state index >= 15 is 0 Å². The first-order valence-electron chi connectivity index (χ1n) is 6.71. The quantitative estimate of drug-likeness (QED) is 0.823. The highest BCUT2D eigenvalue weighted by molar-refractivity contribution is 14.1. The van der Waals surface area contributed by atoms with E-state index in [4.69, 9.17) is 5.73 Å². The Kier molecular flexibility index (Phi) is 3.40. The number of hydrogen-bond donors (Lipinski definition) is 1. The van der Waals surface area contributed by atoms with Crippen LogP contribution in [0.3, 0.4) is 0 Å². The normalized spacial score (nSPS) is 17.6. The van der Waals surface area contributed by atoms with Gasteiger partial charge >= 0.3 is 0 Å². The molecule has 0 saturated heterocycles. The van der Waals surface area contributed by atoms with Gasteiger partial charge in [0.25, 0.3) is 0 Å². The Balaban J connectivity index is 2.07. The average molecular weight is 388 g/mol. The number of nitrogen functional groups attached to an aromatic ring is 1. The van der Waals surface area contributed by atoms with Gasteiger partial charge in [-0.05, 0) is 62.0 Å². The third-order valence-corrected chi connectivity index (χ3v) is 5.33. The molecule has 0 unspecified atom stereocenters. The van der Waals surface area contributed by atoms with Crippen LogP contribution in [-0.4, -0.2) is 34.1 Å². The van der Waals surface area contributed by atoms with Gasteiger partial charge in [-0.25, -0.2) is 9.37 Å². The molecule has 1 heterocycles. The summed E-state index contributed by atoms with van der Waals surface area (Å²) in [6.45, 7) is 0.766. The van der Waals surface area contributed by atoms with E-state index in [1.165, 1.54) is 6.42 Å². The van der Waals surface area contributed by atoms with Gasteiger partial charge in [-0.15, -0.1) is 0 Å². The lowest BCUT2D eigenvalue weighted by atomic mass is 9.75. The van der Waals surface area contributed by atoms with E-state index in [0.29, 0.717) is 9.52 Å². The van der Waals surface area contributed by atoms with E-state index in [2.05, 4.69) is 24.0 Å². The molecule has 1 aromatic carbocycles. The molecule has 0 aliphatic heterocycles. The van der Waals surface area contributed by atoms with Gasteiger partial charge in [-0.1, -0.05) is 0 Å². The van der Waals surface area contributed by atoms with Gasteiger partial charge in [0, 0.05) is 18.2 Å². The van der Waals surface area contributed by atoms with Crippen molar-refractivity contribution in [3.63, 3.8) is 0 Å². The summed E-state index contributed by atoms with van der Waals surface area (Å²) in [7, 11) is 4.19. The highest BCUT2D eigenvalue weighted by atomic mass is 127. The topological polar surface area (TPSA) is 47.1 Å². The summed E-state index contributed by atoms with van der Waals surface area (Å²) >= 11 is 1.98. The van der Waals surface area contributed by atoms with Crippen molar-refractivity contribution in [3.05, 3.63) is 21.5 Å². The Morgan fingerprint density at radius 1 is 1.45 bits per heavy atom. The van der Waals surface area contributed by atoms with Crippen molar-refractivity contribution in [2.45, 2.75) is 31.3 Å². The molecule has 0 bridgehead atoms. The fourth-order valence-corrected chi connectivity index (χ4v) is 3.38. The fraction of sp³-hybridized carbons (Fsp3) is 0.500. The van der Waals surface area contributed by atoms with E-state index in [1.54, 1.807) is 12.1 Å². The third-order valence-electron chi connectivity index (χ3n) is 4.51. The molecule has 0 amide bonds. The maximum absolute atomic E-state index is 13.8. The first-order valence-corrected chi connectivity index (χ1v) is 7.79. The molecule has 1 aromatic heterocycles. The molecule has 1 fully saturated rings.